The summed E-state index contributed by atoms with van der Waals surface area (Å²) in [6.07, 6.45) is 5.79. The van der Waals surface area contributed by atoms with Crippen LogP contribution in [0.1, 0.15) is 41.0 Å². The predicted molar refractivity (Wildman–Crippen MR) is 88.5 cm³/mol. The summed E-state index contributed by atoms with van der Waals surface area (Å²) in [4.78, 5) is 31.7. The van der Waals surface area contributed by atoms with E-state index in [1.54, 1.807) is 12.4 Å². The van der Waals surface area contributed by atoms with Crippen LogP contribution < -0.4 is 5.32 Å². The fourth-order valence-electron chi connectivity index (χ4n) is 2.08. The second-order valence-electron chi connectivity index (χ2n) is 5.14. The topological polar surface area (TPSA) is 92.2 Å². The normalized spacial score (nSPS) is 10.5. The second kappa shape index (κ2) is 8.38. The molecule has 0 saturated carbocycles. The zero-order valence-electron chi connectivity index (χ0n) is 12.9. The highest BCUT2D eigenvalue weighted by atomic mass is 32.1. The Kier molecular flexibility index (Phi) is 6.22. The van der Waals surface area contributed by atoms with E-state index in [4.69, 9.17) is 5.11 Å². The molecule has 1 amide bonds. The Balaban J connectivity index is 1.85. The molecule has 2 aromatic rings. The van der Waals surface area contributed by atoms with Gasteiger partial charge in [0.2, 0.25) is 0 Å². The molecular formula is C16H19N3O3S. The van der Waals surface area contributed by atoms with Gasteiger partial charge in [0.25, 0.3) is 5.91 Å². The van der Waals surface area contributed by atoms with E-state index in [0.717, 1.165) is 23.4 Å². The number of unbranched alkanes of at least 4 members (excludes halogenated alkanes) is 2. The Hall–Kier alpha value is -2.28. The molecule has 0 aliphatic heterocycles. The third kappa shape index (κ3) is 5.14. The summed E-state index contributed by atoms with van der Waals surface area (Å²) in [5.41, 5.74) is 1.60. The lowest BCUT2D eigenvalue weighted by Crippen LogP contribution is -2.24. The molecule has 2 aromatic heterocycles. The van der Waals surface area contributed by atoms with E-state index in [0.29, 0.717) is 23.5 Å². The number of hydrogen-bond donors (Lipinski definition) is 2. The van der Waals surface area contributed by atoms with Crippen molar-refractivity contribution in [2.75, 3.05) is 6.54 Å². The number of pyridine rings is 1. The van der Waals surface area contributed by atoms with Gasteiger partial charge in [0.15, 0.2) is 0 Å². The molecule has 0 aliphatic rings. The summed E-state index contributed by atoms with van der Waals surface area (Å²) in [5, 5.41) is 12.2. The molecule has 7 heteroatoms. The monoisotopic (exact) mass is 333 g/mol. The average molecular weight is 333 g/mol. The van der Waals surface area contributed by atoms with Crippen LogP contribution in [0.3, 0.4) is 0 Å². The quantitative estimate of drug-likeness (QED) is 0.725. The summed E-state index contributed by atoms with van der Waals surface area (Å²) in [5.74, 6) is -0.911. The maximum Gasteiger partial charge on any atom is 0.303 e. The van der Waals surface area contributed by atoms with Crippen LogP contribution in [0.2, 0.25) is 0 Å². The van der Waals surface area contributed by atoms with Gasteiger partial charge in [0.1, 0.15) is 9.88 Å². The van der Waals surface area contributed by atoms with Crippen molar-refractivity contribution in [2.24, 2.45) is 0 Å². The van der Waals surface area contributed by atoms with Crippen molar-refractivity contribution >= 4 is 23.2 Å². The highest BCUT2D eigenvalue weighted by molar-refractivity contribution is 7.17. The van der Waals surface area contributed by atoms with E-state index >= 15 is 0 Å². The lowest BCUT2D eigenvalue weighted by Gasteiger charge is -2.03. The lowest BCUT2D eigenvalue weighted by atomic mass is 10.2. The van der Waals surface area contributed by atoms with Gasteiger partial charge in [-0.2, -0.15) is 0 Å². The van der Waals surface area contributed by atoms with Gasteiger partial charge in [-0.25, -0.2) is 4.98 Å². The fourth-order valence-corrected chi connectivity index (χ4v) is 3.05. The molecule has 23 heavy (non-hydrogen) atoms. The van der Waals surface area contributed by atoms with Gasteiger partial charge in [-0.15, -0.1) is 11.3 Å². The van der Waals surface area contributed by atoms with Crippen molar-refractivity contribution in [3.8, 4) is 10.6 Å². The van der Waals surface area contributed by atoms with E-state index in [9.17, 15) is 9.59 Å². The molecule has 0 fully saturated rings. The molecule has 0 atom stereocenters. The van der Waals surface area contributed by atoms with Crippen LogP contribution in [0, 0.1) is 6.92 Å². The first kappa shape index (κ1) is 17.1. The number of aromatic nitrogens is 2. The molecule has 0 bridgehead atoms. The van der Waals surface area contributed by atoms with E-state index in [2.05, 4.69) is 15.3 Å². The van der Waals surface area contributed by atoms with Crippen LogP contribution in [0.4, 0.5) is 0 Å². The van der Waals surface area contributed by atoms with E-state index in [1.807, 2.05) is 19.1 Å². The lowest BCUT2D eigenvalue weighted by molar-refractivity contribution is -0.137. The number of thiazole rings is 1. The molecule has 2 N–H and O–H groups in total. The number of amides is 1. The number of rotatable bonds is 8. The number of carboxylic acids is 1. The minimum atomic E-state index is -0.780. The van der Waals surface area contributed by atoms with Crippen molar-refractivity contribution in [2.45, 2.75) is 32.6 Å². The second-order valence-corrected chi connectivity index (χ2v) is 6.13. The van der Waals surface area contributed by atoms with Crippen LogP contribution in [0.5, 0.6) is 0 Å². The number of aryl methyl sites for hydroxylation is 1. The summed E-state index contributed by atoms with van der Waals surface area (Å²) < 4.78 is 0. The van der Waals surface area contributed by atoms with Crippen LogP contribution >= 0.6 is 11.3 Å². The van der Waals surface area contributed by atoms with Gasteiger partial charge < -0.3 is 10.4 Å². The smallest absolute Gasteiger partial charge is 0.303 e. The number of carbonyl (C=O) groups is 2. The molecule has 0 aliphatic carbocycles. The molecule has 2 heterocycles. The van der Waals surface area contributed by atoms with Crippen LogP contribution in [0.15, 0.2) is 24.5 Å². The van der Waals surface area contributed by atoms with E-state index < -0.39 is 5.97 Å². The van der Waals surface area contributed by atoms with Crippen LogP contribution in [-0.2, 0) is 4.79 Å². The largest absolute Gasteiger partial charge is 0.481 e. The first-order chi connectivity index (χ1) is 11.1. The average Bonchev–Trinajstić information content (AvgIpc) is 2.93. The summed E-state index contributed by atoms with van der Waals surface area (Å²) in [6.45, 7) is 2.36. The molecule has 2 rings (SSSR count). The maximum atomic E-state index is 12.2. The Morgan fingerprint density at radius 1 is 1.30 bits per heavy atom. The molecule has 0 spiro atoms. The van der Waals surface area contributed by atoms with Crippen molar-refractivity contribution in [1.29, 1.82) is 0 Å². The van der Waals surface area contributed by atoms with Crippen molar-refractivity contribution in [1.82, 2.24) is 15.3 Å². The van der Waals surface area contributed by atoms with Crippen molar-refractivity contribution in [3.63, 3.8) is 0 Å². The predicted octanol–water partition coefficient (Wildman–Crippen LogP) is 2.89. The van der Waals surface area contributed by atoms with Gasteiger partial charge >= 0.3 is 5.97 Å². The SMILES string of the molecule is Cc1nc(-c2cccnc2)sc1C(=O)NCCCCCC(=O)O. The summed E-state index contributed by atoms with van der Waals surface area (Å²) in [7, 11) is 0. The zero-order valence-corrected chi connectivity index (χ0v) is 13.7. The van der Waals surface area contributed by atoms with Crippen molar-refractivity contribution < 1.29 is 14.7 Å². The zero-order chi connectivity index (χ0) is 16.7. The Morgan fingerprint density at radius 3 is 2.83 bits per heavy atom. The Morgan fingerprint density at radius 2 is 2.13 bits per heavy atom. The number of nitrogens with one attached hydrogen (secondary N) is 1. The number of nitrogens with zero attached hydrogens (tertiary/aromatic N) is 2. The first-order valence-corrected chi connectivity index (χ1v) is 8.27. The maximum absolute atomic E-state index is 12.2. The Labute approximate surface area is 138 Å². The number of carboxylic acid groups (broad SMARTS) is 1. The Bertz CT molecular complexity index is 670. The standard InChI is InChI=1S/C16H19N3O3S/c1-11-14(15(22)18-9-4-2-3-7-13(20)21)23-16(19-11)12-6-5-8-17-10-12/h5-6,8,10H,2-4,7,9H2,1H3,(H,18,22)(H,20,21). The molecule has 0 aromatic carbocycles. The van der Waals surface area contributed by atoms with Gasteiger partial charge in [-0.05, 0) is 31.9 Å². The van der Waals surface area contributed by atoms with Crippen LogP contribution in [-0.4, -0.2) is 33.5 Å². The fraction of sp³-hybridized carbons (Fsp3) is 0.375. The van der Waals surface area contributed by atoms with E-state index in [-0.39, 0.29) is 12.3 Å². The number of hydrogen-bond acceptors (Lipinski definition) is 5. The third-order valence-corrected chi connectivity index (χ3v) is 4.47. The molecule has 0 radical (unpaired) electrons. The molecule has 0 saturated heterocycles. The molecule has 122 valence electrons. The summed E-state index contributed by atoms with van der Waals surface area (Å²) >= 11 is 1.35. The highest BCUT2D eigenvalue weighted by Crippen LogP contribution is 2.27. The first-order valence-electron chi connectivity index (χ1n) is 7.45. The third-order valence-electron chi connectivity index (χ3n) is 3.26. The van der Waals surface area contributed by atoms with Gasteiger partial charge in [-0.3, -0.25) is 14.6 Å². The molecule has 6 nitrogen and oxygen atoms in total. The minimum absolute atomic E-state index is 0.131. The minimum Gasteiger partial charge on any atom is -0.481 e. The van der Waals surface area contributed by atoms with Crippen molar-refractivity contribution in [3.05, 3.63) is 35.1 Å². The van der Waals surface area contributed by atoms with Crippen LogP contribution in [0.25, 0.3) is 10.6 Å². The van der Waals surface area contributed by atoms with Gasteiger partial charge in [0.05, 0.1) is 5.69 Å². The summed E-state index contributed by atoms with van der Waals surface area (Å²) in [6, 6.07) is 3.75. The number of carbonyl (C=O) groups excluding carboxylic acids is 1. The van der Waals surface area contributed by atoms with E-state index in [1.165, 1.54) is 11.3 Å². The number of aliphatic carboxylic acids is 1. The van der Waals surface area contributed by atoms with Gasteiger partial charge in [0, 0.05) is 30.9 Å². The van der Waals surface area contributed by atoms with Gasteiger partial charge in [-0.1, -0.05) is 6.42 Å². The molecule has 0 unspecified atom stereocenters. The molecular weight excluding hydrogens is 314 g/mol. The highest BCUT2D eigenvalue weighted by Gasteiger charge is 2.15.